The number of phenolic OH excluding ortho intramolecular Hbond substituents is 1. The van der Waals surface area contributed by atoms with E-state index in [9.17, 15) is 24.2 Å². The van der Waals surface area contributed by atoms with E-state index in [0.717, 1.165) is 32.1 Å². The van der Waals surface area contributed by atoms with Crippen LogP contribution in [0.1, 0.15) is 48.9 Å². The molecule has 35 heavy (non-hydrogen) atoms. The first-order valence-electron chi connectivity index (χ1n) is 11.7. The molecule has 1 heterocycles. The van der Waals surface area contributed by atoms with Gasteiger partial charge < -0.3 is 20.8 Å². The number of rotatable bonds is 6. The fourth-order valence-electron chi connectivity index (χ4n) is 4.83. The first-order chi connectivity index (χ1) is 16.8. The van der Waals surface area contributed by atoms with Gasteiger partial charge in [0.2, 0.25) is 0 Å². The zero-order chi connectivity index (χ0) is 24.7. The average molecular weight is 498 g/mol. The van der Waals surface area contributed by atoms with E-state index in [1.807, 2.05) is 6.07 Å². The van der Waals surface area contributed by atoms with Crippen LogP contribution in [0.25, 0.3) is 22.0 Å². The maximum absolute atomic E-state index is 14.2. The van der Waals surface area contributed by atoms with Gasteiger partial charge in [-0.1, -0.05) is 30.5 Å². The molecule has 0 radical (unpaired) electrons. The number of carboxylic acid groups (broad SMARTS) is 1. The fraction of sp³-hybridized carbons (Fsp3) is 0.346. The number of nitrogens with zero attached hydrogens (tertiary/aromatic N) is 1. The highest BCUT2D eigenvalue weighted by molar-refractivity contribution is 6.32. The predicted molar refractivity (Wildman–Crippen MR) is 132 cm³/mol. The molecule has 2 aromatic carbocycles. The number of anilines is 1. The molecule has 2 unspecified atom stereocenters. The van der Waals surface area contributed by atoms with Gasteiger partial charge in [-0.25, -0.2) is 9.18 Å². The van der Waals surface area contributed by atoms with Crippen molar-refractivity contribution in [2.45, 2.75) is 50.6 Å². The van der Waals surface area contributed by atoms with E-state index in [0.29, 0.717) is 39.7 Å². The molecule has 2 fully saturated rings. The predicted octanol–water partition coefficient (Wildman–Crippen LogP) is 5.98. The molecule has 0 spiro atoms. The van der Waals surface area contributed by atoms with Crippen molar-refractivity contribution in [1.29, 1.82) is 0 Å². The monoisotopic (exact) mass is 497 g/mol. The molecular formula is C26H25ClFN3O4. The average Bonchev–Trinajstić information content (AvgIpc) is 3.68. The molecular weight excluding hydrogens is 473 g/mol. The van der Waals surface area contributed by atoms with E-state index in [4.69, 9.17) is 11.6 Å². The summed E-state index contributed by atoms with van der Waals surface area (Å²) in [5, 5.41) is 25.7. The number of fused-ring (bicyclic) bond motifs is 1. The number of ketones is 1. The van der Waals surface area contributed by atoms with Crippen LogP contribution in [-0.2, 0) is 0 Å². The summed E-state index contributed by atoms with van der Waals surface area (Å²) in [7, 11) is 0. The Morgan fingerprint density at radius 2 is 1.77 bits per heavy atom. The second-order valence-electron chi connectivity index (χ2n) is 9.30. The molecule has 2 aliphatic rings. The summed E-state index contributed by atoms with van der Waals surface area (Å²) in [6.45, 7) is 0. The lowest BCUT2D eigenvalue weighted by atomic mass is 9.89. The van der Waals surface area contributed by atoms with Crippen LogP contribution in [0.4, 0.5) is 14.9 Å². The number of hydrogen-bond donors (Lipinski definition) is 4. The highest BCUT2D eigenvalue weighted by Crippen LogP contribution is 2.39. The standard InChI is InChI=1S/C26H25ClFN3O4/c27-18-10-15(11-19(28)25(18)33)14-7-8-20-16(9-14)23(17(12-29-20)24(32)13-5-6-13)30-21-3-1-2-4-22(21)31-26(34)35/h7-13,21-22,31,33H,1-6H2,(H,29,30)(H,34,35). The van der Waals surface area contributed by atoms with Crippen LogP contribution in [0, 0.1) is 11.7 Å². The molecule has 1 aromatic heterocycles. The summed E-state index contributed by atoms with van der Waals surface area (Å²) >= 11 is 6.00. The molecule has 2 atom stereocenters. The number of aromatic nitrogens is 1. The van der Waals surface area contributed by atoms with Crippen molar-refractivity contribution in [3.63, 3.8) is 0 Å². The van der Waals surface area contributed by atoms with Gasteiger partial charge in [-0.15, -0.1) is 0 Å². The van der Waals surface area contributed by atoms with Crippen LogP contribution in [0.15, 0.2) is 36.5 Å². The Balaban J connectivity index is 1.62. The van der Waals surface area contributed by atoms with Crippen LogP contribution in [0.3, 0.4) is 0 Å². The van der Waals surface area contributed by atoms with Gasteiger partial charge in [0.25, 0.3) is 0 Å². The summed E-state index contributed by atoms with van der Waals surface area (Å²) in [6.07, 6.45) is 5.52. The summed E-state index contributed by atoms with van der Waals surface area (Å²) in [5.74, 6) is -1.44. The number of phenols is 1. The SMILES string of the molecule is O=C(O)NC1CCCCC1Nc1c(C(=O)C2CC2)cnc2ccc(-c3cc(F)c(O)c(Cl)c3)cc12. The van der Waals surface area contributed by atoms with E-state index < -0.39 is 17.7 Å². The van der Waals surface area contributed by atoms with Crippen molar-refractivity contribution in [1.82, 2.24) is 10.3 Å². The maximum atomic E-state index is 14.2. The van der Waals surface area contributed by atoms with Crippen LogP contribution in [-0.4, -0.2) is 39.2 Å². The molecule has 7 nitrogen and oxygen atoms in total. The quantitative estimate of drug-likeness (QED) is 0.311. The van der Waals surface area contributed by atoms with Gasteiger partial charge in [0.15, 0.2) is 17.3 Å². The second kappa shape index (κ2) is 9.34. The third kappa shape index (κ3) is 4.75. The Kier molecular flexibility index (Phi) is 6.23. The Bertz CT molecular complexity index is 1300. The number of hydrogen-bond acceptors (Lipinski definition) is 5. The Morgan fingerprint density at radius 1 is 1.03 bits per heavy atom. The van der Waals surface area contributed by atoms with E-state index in [-0.39, 0.29) is 28.8 Å². The number of carbonyl (C=O) groups is 2. The summed E-state index contributed by atoms with van der Waals surface area (Å²) in [4.78, 5) is 29.0. The Morgan fingerprint density at radius 3 is 2.46 bits per heavy atom. The van der Waals surface area contributed by atoms with Crippen molar-refractivity contribution < 1.29 is 24.2 Å². The van der Waals surface area contributed by atoms with E-state index in [1.54, 1.807) is 18.3 Å². The molecule has 182 valence electrons. The van der Waals surface area contributed by atoms with Crippen LogP contribution in [0.2, 0.25) is 5.02 Å². The normalized spacial score (nSPS) is 19.9. The zero-order valence-corrected chi connectivity index (χ0v) is 19.6. The molecule has 3 aromatic rings. The van der Waals surface area contributed by atoms with Crippen LogP contribution >= 0.6 is 11.6 Å². The minimum Gasteiger partial charge on any atom is -0.504 e. The number of benzene rings is 2. The Hall–Kier alpha value is -3.39. The van der Waals surface area contributed by atoms with Gasteiger partial charge in [0, 0.05) is 23.5 Å². The molecule has 2 aliphatic carbocycles. The highest BCUT2D eigenvalue weighted by atomic mass is 35.5. The molecule has 1 amide bonds. The smallest absolute Gasteiger partial charge is 0.404 e. The molecule has 0 aliphatic heterocycles. The minimum atomic E-state index is -1.08. The van der Waals surface area contributed by atoms with Crippen molar-refractivity contribution >= 4 is 40.1 Å². The van der Waals surface area contributed by atoms with Gasteiger partial charge in [0.05, 0.1) is 27.8 Å². The number of pyridine rings is 1. The fourth-order valence-corrected chi connectivity index (χ4v) is 5.04. The second-order valence-corrected chi connectivity index (χ2v) is 9.70. The largest absolute Gasteiger partial charge is 0.504 e. The van der Waals surface area contributed by atoms with Crippen molar-refractivity contribution in [2.75, 3.05) is 5.32 Å². The molecule has 4 N–H and O–H groups in total. The van der Waals surface area contributed by atoms with Gasteiger partial charge in [-0.05, 0) is 61.1 Å². The molecule has 2 saturated carbocycles. The minimum absolute atomic E-state index is 0.0181. The van der Waals surface area contributed by atoms with Gasteiger partial charge in [0.1, 0.15) is 0 Å². The summed E-state index contributed by atoms with van der Waals surface area (Å²) in [5.41, 5.74) is 2.85. The van der Waals surface area contributed by atoms with Gasteiger partial charge in [-0.3, -0.25) is 9.78 Å². The lowest BCUT2D eigenvalue weighted by Gasteiger charge is -2.33. The highest BCUT2D eigenvalue weighted by Gasteiger charge is 2.34. The topological polar surface area (TPSA) is 112 Å². The van der Waals surface area contributed by atoms with Crippen LogP contribution < -0.4 is 10.6 Å². The van der Waals surface area contributed by atoms with Crippen LogP contribution in [0.5, 0.6) is 5.75 Å². The molecule has 9 heteroatoms. The number of halogens is 2. The van der Waals surface area contributed by atoms with E-state index in [1.165, 1.54) is 12.1 Å². The molecule has 0 bridgehead atoms. The number of nitrogens with one attached hydrogen (secondary N) is 2. The lowest BCUT2D eigenvalue weighted by molar-refractivity contribution is 0.0968. The van der Waals surface area contributed by atoms with Crippen molar-refractivity contribution in [2.24, 2.45) is 5.92 Å². The van der Waals surface area contributed by atoms with Crippen molar-refractivity contribution in [3.05, 3.63) is 52.9 Å². The summed E-state index contributed by atoms with van der Waals surface area (Å²) in [6, 6.07) is 7.58. The lowest BCUT2D eigenvalue weighted by Crippen LogP contribution is -2.48. The van der Waals surface area contributed by atoms with Gasteiger partial charge >= 0.3 is 6.09 Å². The zero-order valence-electron chi connectivity index (χ0n) is 18.9. The molecule has 5 rings (SSSR count). The number of aromatic hydroxyl groups is 1. The Labute approximate surface area is 206 Å². The molecule has 0 saturated heterocycles. The first-order valence-corrected chi connectivity index (χ1v) is 12.1. The number of amides is 1. The third-order valence-electron chi connectivity index (χ3n) is 6.84. The number of carbonyl (C=O) groups excluding carboxylic acids is 1. The van der Waals surface area contributed by atoms with Crippen molar-refractivity contribution in [3.8, 4) is 16.9 Å². The summed E-state index contributed by atoms with van der Waals surface area (Å²) < 4.78 is 14.2. The third-order valence-corrected chi connectivity index (χ3v) is 7.12. The van der Waals surface area contributed by atoms with E-state index in [2.05, 4.69) is 15.6 Å². The van der Waals surface area contributed by atoms with E-state index >= 15 is 0 Å². The van der Waals surface area contributed by atoms with Gasteiger partial charge in [-0.2, -0.15) is 0 Å². The first kappa shape index (κ1) is 23.4. The number of Topliss-reactive ketones (excluding diaryl/α,β-unsaturated/α-hetero) is 1. The maximum Gasteiger partial charge on any atom is 0.404 e.